The molecule has 2 N–H and O–H groups in total. The van der Waals surface area contributed by atoms with Crippen molar-refractivity contribution in [2.45, 2.75) is 26.7 Å². The van der Waals surface area contributed by atoms with E-state index in [0.29, 0.717) is 0 Å². The van der Waals surface area contributed by atoms with E-state index in [4.69, 9.17) is 4.74 Å². The number of methoxy groups -OCH3 is 1. The van der Waals surface area contributed by atoms with Crippen LogP contribution in [0.1, 0.15) is 25.8 Å². The molecular weight excluding hydrogens is 238 g/mol. The first kappa shape index (κ1) is 15.3. The average Bonchev–Trinajstić information content (AvgIpc) is 2.44. The van der Waals surface area contributed by atoms with Crippen molar-refractivity contribution >= 4 is 5.96 Å². The third-order valence-electron chi connectivity index (χ3n) is 2.74. The van der Waals surface area contributed by atoms with Gasteiger partial charge < -0.3 is 15.4 Å². The average molecular weight is 263 g/mol. The van der Waals surface area contributed by atoms with Crippen molar-refractivity contribution in [3.05, 3.63) is 29.8 Å². The third kappa shape index (κ3) is 6.13. The maximum atomic E-state index is 5.14. The SMILES string of the molecule is CCNC(=NCCCc1ccc(OC)cc1)NCC. The molecule has 0 saturated carbocycles. The van der Waals surface area contributed by atoms with Crippen molar-refractivity contribution in [1.82, 2.24) is 10.6 Å². The summed E-state index contributed by atoms with van der Waals surface area (Å²) in [5.74, 6) is 1.81. The van der Waals surface area contributed by atoms with Crippen LogP contribution in [0.2, 0.25) is 0 Å². The molecule has 1 aromatic carbocycles. The Bertz CT molecular complexity index is 365. The summed E-state index contributed by atoms with van der Waals surface area (Å²) >= 11 is 0. The van der Waals surface area contributed by atoms with Crippen molar-refractivity contribution in [3.8, 4) is 5.75 Å². The number of nitrogens with one attached hydrogen (secondary N) is 2. The molecule has 0 spiro atoms. The molecule has 0 unspecified atom stereocenters. The topological polar surface area (TPSA) is 45.7 Å². The highest BCUT2D eigenvalue weighted by Crippen LogP contribution is 2.12. The van der Waals surface area contributed by atoms with E-state index in [2.05, 4.69) is 41.6 Å². The van der Waals surface area contributed by atoms with E-state index in [1.54, 1.807) is 7.11 Å². The zero-order valence-corrected chi connectivity index (χ0v) is 12.2. The summed E-state index contributed by atoms with van der Waals surface area (Å²) in [5.41, 5.74) is 1.32. The van der Waals surface area contributed by atoms with Crippen molar-refractivity contribution in [1.29, 1.82) is 0 Å². The zero-order chi connectivity index (χ0) is 13.9. The van der Waals surface area contributed by atoms with Gasteiger partial charge in [-0.05, 0) is 44.4 Å². The summed E-state index contributed by atoms with van der Waals surface area (Å²) in [6.45, 7) is 6.77. The molecular formula is C15H25N3O. The van der Waals surface area contributed by atoms with Gasteiger partial charge >= 0.3 is 0 Å². The van der Waals surface area contributed by atoms with Crippen molar-refractivity contribution in [3.63, 3.8) is 0 Å². The van der Waals surface area contributed by atoms with Crippen LogP contribution < -0.4 is 15.4 Å². The summed E-state index contributed by atoms with van der Waals surface area (Å²) < 4.78 is 5.14. The number of ether oxygens (including phenoxy) is 1. The van der Waals surface area contributed by atoms with Gasteiger partial charge in [-0.1, -0.05) is 12.1 Å². The lowest BCUT2D eigenvalue weighted by atomic mass is 10.1. The second-order valence-corrected chi connectivity index (χ2v) is 4.24. The lowest BCUT2D eigenvalue weighted by molar-refractivity contribution is 0.414. The normalized spacial score (nSPS) is 9.84. The van der Waals surface area contributed by atoms with Crippen molar-refractivity contribution in [2.75, 3.05) is 26.7 Å². The Morgan fingerprint density at radius 3 is 2.26 bits per heavy atom. The summed E-state index contributed by atoms with van der Waals surface area (Å²) in [7, 11) is 1.69. The Morgan fingerprint density at radius 1 is 1.11 bits per heavy atom. The van der Waals surface area contributed by atoms with Crippen molar-refractivity contribution < 1.29 is 4.74 Å². The molecule has 0 heterocycles. The molecule has 0 atom stereocenters. The molecule has 1 rings (SSSR count). The fourth-order valence-corrected chi connectivity index (χ4v) is 1.78. The second-order valence-electron chi connectivity index (χ2n) is 4.24. The molecule has 19 heavy (non-hydrogen) atoms. The molecule has 0 bridgehead atoms. The van der Waals surface area contributed by atoms with Gasteiger partial charge in [0.05, 0.1) is 7.11 Å². The zero-order valence-electron chi connectivity index (χ0n) is 12.2. The number of guanidine groups is 1. The lowest BCUT2D eigenvalue weighted by Crippen LogP contribution is -2.37. The summed E-state index contributed by atoms with van der Waals surface area (Å²) in [5, 5.41) is 6.44. The van der Waals surface area contributed by atoms with E-state index >= 15 is 0 Å². The van der Waals surface area contributed by atoms with Gasteiger partial charge in [0.2, 0.25) is 0 Å². The van der Waals surface area contributed by atoms with E-state index in [9.17, 15) is 0 Å². The number of hydrogen-bond donors (Lipinski definition) is 2. The molecule has 4 nitrogen and oxygen atoms in total. The maximum absolute atomic E-state index is 5.14. The number of rotatable bonds is 7. The van der Waals surface area contributed by atoms with Gasteiger partial charge in [0.15, 0.2) is 5.96 Å². The summed E-state index contributed by atoms with van der Waals surface area (Å²) in [6, 6.07) is 8.22. The monoisotopic (exact) mass is 263 g/mol. The van der Waals surface area contributed by atoms with Gasteiger partial charge in [-0.2, -0.15) is 0 Å². The molecule has 0 radical (unpaired) electrons. The highest BCUT2D eigenvalue weighted by molar-refractivity contribution is 5.79. The number of hydrogen-bond acceptors (Lipinski definition) is 2. The van der Waals surface area contributed by atoms with Gasteiger partial charge in [0.1, 0.15) is 5.75 Å². The molecule has 4 heteroatoms. The molecule has 0 aliphatic heterocycles. The highest BCUT2D eigenvalue weighted by atomic mass is 16.5. The fraction of sp³-hybridized carbons (Fsp3) is 0.533. The molecule has 0 fully saturated rings. The number of aliphatic imine (C=N–C) groups is 1. The Morgan fingerprint density at radius 2 is 1.74 bits per heavy atom. The largest absolute Gasteiger partial charge is 0.497 e. The van der Waals surface area contributed by atoms with Gasteiger partial charge in [0.25, 0.3) is 0 Å². The first-order valence-corrected chi connectivity index (χ1v) is 6.95. The Balaban J connectivity index is 2.33. The van der Waals surface area contributed by atoms with Crippen LogP contribution in [0.25, 0.3) is 0 Å². The third-order valence-corrected chi connectivity index (χ3v) is 2.74. The molecule has 0 aliphatic carbocycles. The van der Waals surface area contributed by atoms with Crippen molar-refractivity contribution in [2.24, 2.45) is 4.99 Å². The van der Waals surface area contributed by atoms with Crippen LogP contribution in [-0.4, -0.2) is 32.7 Å². The first-order valence-electron chi connectivity index (χ1n) is 6.95. The van der Waals surface area contributed by atoms with Gasteiger partial charge in [-0.25, -0.2) is 0 Å². The van der Waals surface area contributed by atoms with Crippen LogP contribution >= 0.6 is 0 Å². The van der Waals surface area contributed by atoms with Gasteiger partial charge in [-0.3, -0.25) is 4.99 Å². The minimum atomic E-state index is 0.835. The number of benzene rings is 1. The quantitative estimate of drug-likeness (QED) is 0.450. The van der Waals surface area contributed by atoms with E-state index in [1.807, 2.05) is 12.1 Å². The summed E-state index contributed by atoms with van der Waals surface area (Å²) in [6.07, 6.45) is 2.09. The minimum Gasteiger partial charge on any atom is -0.497 e. The fourth-order valence-electron chi connectivity index (χ4n) is 1.78. The van der Waals surface area contributed by atoms with Crippen LogP contribution in [0.4, 0.5) is 0 Å². The van der Waals surface area contributed by atoms with Crippen LogP contribution in [0.5, 0.6) is 5.75 Å². The molecule has 1 aromatic rings. The Kier molecular flexibility index (Phi) is 7.47. The van der Waals surface area contributed by atoms with E-state index in [1.165, 1.54) is 5.56 Å². The first-order chi connectivity index (χ1) is 9.30. The number of aryl methyl sites for hydroxylation is 1. The van der Waals surface area contributed by atoms with E-state index < -0.39 is 0 Å². The number of nitrogens with zero attached hydrogens (tertiary/aromatic N) is 1. The van der Waals surface area contributed by atoms with Crippen LogP contribution in [0.3, 0.4) is 0 Å². The molecule has 0 amide bonds. The van der Waals surface area contributed by atoms with Crippen LogP contribution in [-0.2, 0) is 6.42 Å². The van der Waals surface area contributed by atoms with Crippen LogP contribution in [0, 0.1) is 0 Å². The molecule has 0 aromatic heterocycles. The van der Waals surface area contributed by atoms with Crippen LogP contribution in [0.15, 0.2) is 29.3 Å². The lowest BCUT2D eigenvalue weighted by Gasteiger charge is -2.09. The molecule has 0 saturated heterocycles. The Labute approximate surface area is 116 Å². The highest BCUT2D eigenvalue weighted by Gasteiger charge is 1.96. The molecule has 0 aliphatic rings. The van der Waals surface area contributed by atoms with E-state index in [0.717, 1.165) is 44.2 Å². The van der Waals surface area contributed by atoms with E-state index in [-0.39, 0.29) is 0 Å². The second kappa shape index (κ2) is 9.25. The maximum Gasteiger partial charge on any atom is 0.191 e. The van der Waals surface area contributed by atoms with Gasteiger partial charge in [-0.15, -0.1) is 0 Å². The smallest absolute Gasteiger partial charge is 0.191 e. The predicted molar refractivity (Wildman–Crippen MR) is 81.0 cm³/mol. The predicted octanol–water partition coefficient (Wildman–Crippen LogP) is 2.20. The van der Waals surface area contributed by atoms with Gasteiger partial charge in [0, 0.05) is 19.6 Å². The standard InChI is InChI=1S/C15H25N3O/c1-4-16-15(17-5-2)18-12-6-7-13-8-10-14(19-3)11-9-13/h8-11H,4-7,12H2,1-3H3,(H2,16,17,18). The minimum absolute atomic E-state index is 0.835. The molecule has 106 valence electrons. The summed E-state index contributed by atoms with van der Waals surface area (Å²) in [4.78, 5) is 4.52. The Hall–Kier alpha value is -1.71.